The highest BCUT2D eigenvalue weighted by Gasteiger charge is 2.25. The molecule has 0 bridgehead atoms. The zero-order chi connectivity index (χ0) is 39.5. The van der Waals surface area contributed by atoms with Gasteiger partial charge in [-0.3, -0.25) is 4.57 Å². The van der Waals surface area contributed by atoms with E-state index in [2.05, 4.69) is 187 Å². The molecule has 0 spiro atoms. The highest BCUT2D eigenvalue weighted by Crippen LogP contribution is 2.46. The second-order valence-electron chi connectivity index (χ2n) is 15.8. The van der Waals surface area contributed by atoms with Crippen molar-refractivity contribution in [3.05, 3.63) is 188 Å². The third-order valence-corrected chi connectivity index (χ3v) is 13.3. The van der Waals surface area contributed by atoms with E-state index in [9.17, 15) is 0 Å². The van der Waals surface area contributed by atoms with Gasteiger partial charge in [0.1, 0.15) is 16.8 Å². The predicted molar refractivity (Wildman–Crippen MR) is 253 cm³/mol. The maximum absolute atomic E-state index is 6.95. The van der Waals surface area contributed by atoms with Crippen molar-refractivity contribution in [2.24, 2.45) is 0 Å². The van der Waals surface area contributed by atoms with Crippen LogP contribution in [-0.2, 0) is 0 Å². The van der Waals surface area contributed by atoms with Gasteiger partial charge in [-0.25, -0.2) is 4.98 Å². The van der Waals surface area contributed by atoms with E-state index >= 15 is 0 Å². The van der Waals surface area contributed by atoms with Crippen molar-refractivity contribution in [3.8, 4) is 39.3 Å². The van der Waals surface area contributed by atoms with Crippen LogP contribution in [-0.4, -0.2) is 14.5 Å². The molecule has 0 unspecified atom stereocenters. The quantitative estimate of drug-likeness (QED) is 0.179. The van der Waals surface area contributed by atoms with Gasteiger partial charge in [0.05, 0.1) is 11.0 Å². The standard InChI is InChI=1S/C55H33N3OS/c1-32-13-12-20-37(27-32)51-54(57-55-52(56-51)44-29-38(33-14-4-2-5-15-33)28-41(53(44)59-55)34-16-6-3-7-17-34)58-45-25-23-35-18-8-10-21-39(35)49(45)42-31-48-43(30-46(42)58)50-40-22-11-9-19-36(40)24-26-47(50)60-48/h2-31H,1H3. The second kappa shape index (κ2) is 12.7. The predicted octanol–water partition coefficient (Wildman–Crippen LogP) is 15.5. The van der Waals surface area contributed by atoms with Crippen LogP contribution in [0.2, 0.25) is 0 Å². The van der Waals surface area contributed by atoms with Crippen LogP contribution in [0.4, 0.5) is 0 Å². The number of aryl methyl sites for hydroxylation is 1. The molecule has 0 N–H and O–H groups in total. The van der Waals surface area contributed by atoms with Crippen molar-refractivity contribution >= 4 is 97.1 Å². The molecule has 4 heterocycles. The highest BCUT2D eigenvalue weighted by molar-refractivity contribution is 7.26. The third kappa shape index (κ3) is 4.90. The Kier molecular flexibility index (Phi) is 7.06. The molecule has 0 saturated heterocycles. The lowest BCUT2D eigenvalue weighted by atomic mass is 9.96. The fourth-order valence-corrected chi connectivity index (χ4v) is 10.6. The molecular formula is C55H33N3OS. The minimum absolute atomic E-state index is 0.502. The topological polar surface area (TPSA) is 43.9 Å². The van der Waals surface area contributed by atoms with E-state index < -0.39 is 0 Å². The molecule has 13 rings (SSSR count). The lowest BCUT2D eigenvalue weighted by molar-refractivity contribution is 0.653. The van der Waals surface area contributed by atoms with Crippen molar-refractivity contribution in [1.82, 2.24) is 14.5 Å². The molecule has 0 aliphatic heterocycles. The van der Waals surface area contributed by atoms with Crippen molar-refractivity contribution < 1.29 is 4.42 Å². The van der Waals surface area contributed by atoms with Crippen molar-refractivity contribution in [2.45, 2.75) is 6.92 Å². The number of rotatable bonds is 4. The maximum Gasteiger partial charge on any atom is 0.248 e. The minimum atomic E-state index is 0.502. The average Bonchev–Trinajstić information content (AvgIpc) is 3.97. The van der Waals surface area contributed by atoms with Crippen LogP contribution in [0, 0.1) is 6.92 Å². The smallest absolute Gasteiger partial charge is 0.248 e. The summed E-state index contributed by atoms with van der Waals surface area (Å²) in [5, 5.41) is 10.8. The lowest BCUT2D eigenvalue weighted by Crippen LogP contribution is -2.03. The van der Waals surface area contributed by atoms with E-state index in [-0.39, 0.29) is 0 Å². The van der Waals surface area contributed by atoms with Crippen LogP contribution in [0.5, 0.6) is 0 Å². The number of hydrogen-bond donors (Lipinski definition) is 0. The third-order valence-electron chi connectivity index (χ3n) is 12.2. The Morgan fingerprint density at radius 2 is 1.17 bits per heavy atom. The molecule has 60 heavy (non-hydrogen) atoms. The Labute approximate surface area is 348 Å². The Hall–Kier alpha value is -7.60. The first-order valence-corrected chi connectivity index (χ1v) is 21.1. The Bertz CT molecular complexity index is 3900. The number of benzene rings is 9. The van der Waals surface area contributed by atoms with Gasteiger partial charge in [-0.1, -0.05) is 145 Å². The first-order chi connectivity index (χ1) is 29.6. The first-order valence-electron chi connectivity index (χ1n) is 20.3. The summed E-state index contributed by atoms with van der Waals surface area (Å²) in [6.07, 6.45) is 0. The summed E-state index contributed by atoms with van der Waals surface area (Å²) in [5.74, 6) is 0.732. The van der Waals surface area contributed by atoms with E-state index in [4.69, 9.17) is 14.4 Å². The highest BCUT2D eigenvalue weighted by atomic mass is 32.1. The van der Waals surface area contributed by atoms with Gasteiger partial charge < -0.3 is 4.42 Å². The summed E-state index contributed by atoms with van der Waals surface area (Å²) in [4.78, 5) is 11.2. The summed E-state index contributed by atoms with van der Waals surface area (Å²) in [6.45, 7) is 2.13. The largest absolute Gasteiger partial charge is 0.436 e. The van der Waals surface area contributed by atoms with Gasteiger partial charge in [-0.05, 0) is 87.6 Å². The SMILES string of the molecule is Cc1cccc(-c2nc3c(nc2-n2c4cc5c(cc4c4c6ccccc6ccc42)sc2ccc4ccccc4c25)oc2c(-c4ccccc4)cc(-c4ccccc4)cc23)c1. The zero-order valence-corrected chi connectivity index (χ0v) is 33.3. The minimum Gasteiger partial charge on any atom is -0.436 e. The van der Waals surface area contributed by atoms with E-state index in [1.54, 1.807) is 0 Å². The molecule has 13 aromatic rings. The normalized spacial score (nSPS) is 12.1. The lowest BCUT2D eigenvalue weighted by Gasteiger charge is -2.13. The second-order valence-corrected chi connectivity index (χ2v) is 16.9. The van der Waals surface area contributed by atoms with Gasteiger partial charge in [0.15, 0.2) is 5.82 Å². The molecule has 0 amide bonds. The van der Waals surface area contributed by atoms with Gasteiger partial charge in [0.2, 0.25) is 5.71 Å². The zero-order valence-electron chi connectivity index (χ0n) is 32.5. The van der Waals surface area contributed by atoms with Crippen LogP contribution in [0.3, 0.4) is 0 Å². The Morgan fingerprint density at radius 1 is 0.467 bits per heavy atom. The van der Waals surface area contributed by atoms with Crippen LogP contribution < -0.4 is 0 Å². The number of nitrogens with zero attached hydrogens (tertiary/aromatic N) is 3. The van der Waals surface area contributed by atoms with E-state index in [0.717, 1.165) is 72.4 Å². The number of hydrogen-bond acceptors (Lipinski definition) is 4. The molecule has 0 aliphatic rings. The molecule has 4 nitrogen and oxygen atoms in total. The van der Waals surface area contributed by atoms with Gasteiger partial charge in [-0.15, -0.1) is 11.3 Å². The number of thiophene rings is 1. The summed E-state index contributed by atoms with van der Waals surface area (Å²) in [6, 6.07) is 65.3. The number of aromatic nitrogens is 3. The molecule has 0 atom stereocenters. The molecule has 0 fully saturated rings. The van der Waals surface area contributed by atoms with Crippen LogP contribution >= 0.6 is 11.3 Å². The Morgan fingerprint density at radius 3 is 1.95 bits per heavy atom. The molecule has 4 aromatic heterocycles. The molecule has 9 aromatic carbocycles. The fourth-order valence-electron chi connectivity index (χ4n) is 9.49. The number of fused-ring (bicyclic) bond motifs is 13. The molecule has 0 radical (unpaired) electrons. The maximum atomic E-state index is 6.95. The van der Waals surface area contributed by atoms with Gasteiger partial charge >= 0.3 is 0 Å². The van der Waals surface area contributed by atoms with Gasteiger partial charge in [-0.2, -0.15) is 4.98 Å². The van der Waals surface area contributed by atoms with Crippen molar-refractivity contribution in [1.29, 1.82) is 0 Å². The van der Waals surface area contributed by atoms with Crippen LogP contribution in [0.1, 0.15) is 5.56 Å². The fraction of sp³-hybridized carbons (Fsp3) is 0.0182. The van der Waals surface area contributed by atoms with E-state index in [1.165, 1.54) is 52.5 Å². The summed E-state index contributed by atoms with van der Waals surface area (Å²) in [5.41, 5.74) is 11.4. The Balaban J connectivity index is 1.19. The number of furan rings is 1. The summed E-state index contributed by atoms with van der Waals surface area (Å²) < 4.78 is 11.8. The summed E-state index contributed by atoms with van der Waals surface area (Å²) >= 11 is 1.86. The molecular weight excluding hydrogens is 751 g/mol. The van der Waals surface area contributed by atoms with Crippen molar-refractivity contribution in [2.75, 3.05) is 0 Å². The average molecular weight is 784 g/mol. The summed E-state index contributed by atoms with van der Waals surface area (Å²) in [7, 11) is 0. The molecule has 5 heteroatoms. The monoisotopic (exact) mass is 783 g/mol. The van der Waals surface area contributed by atoms with Gasteiger partial charge in [0, 0.05) is 47.5 Å². The van der Waals surface area contributed by atoms with Crippen LogP contribution in [0.15, 0.2) is 186 Å². The molecule has 280 valence electrons. The van der Waals surface area contributed by atoms with Gasteiger partial charge in [0.25, 0.3) is 0 Å². The van der Waals surface area contributed by atoms with Crippen molar-refractivity contribution in [3.63, 3.8) is 0 Å². The molecule has 0 aliphatic carbocycles. The van der Waals surface area contributed by atoms with E-state index in [0.29, 0.717) is 5.71 Å². The molecule has 0 saturated carbocycles. The van der Waals surface area contributed by atoms with E-state index in [1.807, 2.05) is 17.4 Å². The first kappa shape index (κ1) is 33.4. The van der Waals surface area contributed by atoms with Crippen LogP contribution in [0.25, 0.3) is 125 Å².